The number of aromatic nitrogens is 2. The second-order valence-electron chi connectivity index (χ2n) is 6.83. The molecule has 0 amide bonds. The largest absolute Gasteiger partial charge is 0.354 e. The third-order valence-corrected chi connectivity index (χ3v) is 4.53. The van der Waals surface area contributed by atoms with Crippen molar-refractivity contribution in [1.29, 1.82) is 0 Å². The average Bonchev–Trinajstić information content (AvgIpc) is 2.72. The van der Waals surface area contributed by atoms with Gasteiger partial charge in [-0.3, -0.25) is 0 Å². The van der Waals surface area contributed by atoms with Crippen LogP contribution in [0, 0.1) is 13.8 Å². The van der Waals surface area contributed by atoms with Crippen LogP contribution in [0.5, 0.6) is 0 Å². The van der Waals surface area contributed by atoms with Crippen LogP contribution in [0.3, 0.4) is 0 Å². The molecule has 0 saturated heterocycles. The highest BCUT2D eigenvalue weighted by Crippen LogP contribution is 2.28. The summed E-state index contributed by atoms with van der Waals surface area (Å²) in [4.78, 5) is 0. The summed E-state index contributed by atoms with van der Waals surface area (Å²) in [7, 11) is 0. The summed E-state index contributed by atoms with van der Waals surface area (Å²) in [6.45, 7) is 4.16. The molecule has 0 aliphatic carbocycles. The Morgan fingerprint density at radius 2 is 1.18 bits per heavy atom. The molecular weight excluding hydrogens is 344 g/mol. The Labute approximate surface area is 165 Å². The molecule has 4 heteroatoms. The van der Waals surface area contributed by atoms with E-state index in [4.69, 9.17) is 0 Å². The maximum absolute atomic E-state index is 4.37. The first-order valence-electron chi connectivity index (χ1n) is 9.28. The molecule has 0 atom stereocenters. The summed E-state index contributed by atoms with van der Waals surface area (Å²) in [5, 5.41) is 15.5. The Bertz CT molecular complexity index is 1050. The first-order valence-corrected chi connectivity index (χ1v) is 9.28. The molecule has 0 saturated carbocycles. The van der Waals surface area contributed by atoms with Gasteiger partial charge in [0.05, 0.1) is 17.1 Å². The van der Waals surface area contributed by atoms with E-state index in [-0.39, 0.29) is 0 Å². The Morgan fingerprint density at radius 3 is 1.79 bits per heavy atom. The van der Waals surface area contributed by atoms with Gasteiger partial charge < -0.3 is 10.6 Å². The minimum atomic E-state index is 0.703. The molecule has 0 unspecified atom stereocenters. The molecule has 0 aliphatic heterocycles. The molecule has 3 aromatic carbocycles. The molecule has 4 aromatic rings. The third kappa shape index (κ3) is 4.18. The predicted octanol–water partition coefficient (Wildman–Crippen LogP) is 6.25. The van der Waals surface area contributed by atoms with Crippen LogP contribution in [0.4, 0.5) is 22.9 Å². The summed E-state index contributed by atoms with van der Waals surface area (Å²) in [6.07, 6.45) is 0. The van der Waals surface area contributed by atoms with Crippen molar-refractivity contribution >= 4 is 22.9 Å². The lowest BCUT2D eigenvalue weighted by Crippen LogP contribution is -2.00. The summed E-state index contributed by atoms with van der Waals surface area (Å²) in [5.41, 5.74) is 7.35. The van der Waals surface area contributed by atoms with Crippen LogP contribution in [-0.2, 0) is 0 Å². The highest BCUT2D eigenvalue weighted by atomic mass is 15.2. The van der Waals surface area contributed by atoms with Gasteiger partial charge in [0.25, 0.3) is 0 Å². The van der Waals surface area contributed by atoms with Crippen molar-refractivity contribution in [2.45, 2.75) is 13.8 Å². The fourth-order valence-electron chi connectivity index (χ4n) is 2.91. The fourth-order valence-corrected chi connectivity index (χ4v) is 2.91. The van der Waals surface area contributed by atoms with Gasteiger partial charge in [-0.2, -0.15) is 0 Å². The van der Waals surface area contributed by atoms with Crippen LogP contribution in [0.25, 0.3) is 11.3 Å². The van der Waals surface area contributed by atoms with Crippen molar-refractivity contribution in [3.05, 3.63) is 96.1 Å². The lowest BCUT2D eigenvalue weighted by Gasteiger charge is -2.13. The molecule has 1 aromatic heterocycles. The van der Waals surface area contributed by atoms with Gasteiger partial charge in [0.15, 0.2) is 5.82 Å². The Morgan fingerprint density at radius 1 is 0.571 bits per heavy atom. The van der Waals surface area contributed by atoms with E-state index in [0.717, 1.165) is 28.3 Å². The van der Waals surface area contributed by atoms with Crippen molar-refractivity contribution in [3.63, 3.8) is 0 Å². The van der Waals surface area contributed by atoms with Crippen LogP contribution in [0.15, 0.2) is 84.9 Å². The van der Waals surface area contributed by atoms with E-state index in [2.05, 4.69) is 83.2 Å². The van der Waals surface area contributed by atoms with Crippen molar-refractivity contribution in [1.82, 2.24) is 10.2 Å². The maximum Gasteiger partial charge on any atom is 0.153 e. The lowest BCUT2D eigenvalue weighted by atomic mass is 10.1. The molecule has 4 rings (SSSR count). The molecular formula is C24H22N4. The number of hydrogen-bond donors (Lipinski definition) is 2. The molecule has 0 spiro atoms. The standard InChI is InChI=1S/C24H22N4/c1-17-7-11-19(12-8-17)21-15-16-24(28-27-21)26-23-6-4-3-5-22(23)25-20-13-9-18(2)10-14-20/h3-16,25H,1-2H3,(H,26,28). The van der Waals surface area contributed by atoms with Crippen LogP contribution >= 0.6 is 0 Å². The number of nitrogens with zero attached hydrogens (tertiary/aromatic N) is 2. The molecule has 4 nitrogen and oxygen atoms in total. The van der Waals surface area contributed by atoms with Gasteiger partial charge >= 0.3 is 0 Å². The average molecular weight is 366 g/mol. The highest BCUT2D eigenvalue weighted by Gasteiger charge is 2.05. The first-order chi connectivity index (χ1) is 13.7. The number of hydrogen-bond acceptors (Lipinski definition) is 4. The first kappa shape index (κ1) is 17.7. The Hall–Kier alpha value is -3.66. The molecule has 2 N–H and O–H groups in total. The Balaban J connectivity index is 1.52. The van der Waals surface area contributed by atoms with Crippen LogP contribution in [0.1, 0.15) is 11.1 Å². The van der Waals surface area contributed by atoms with E-state index >= 15 is 0 Å². The highest BCUT2D eigenvalue weighted by molar-refractivity contribution is 5.77. The van der Waals surface area contributed by atoms with E-state index in [0.29, 0.717) is 5.82 Å². The SMILES string of the molecule is Cc1ccc(Nc2ccccc2Nc2ccc(-c3ccc(C)cc3)nn2)cc1. The predicted molar refractivity (Wildman–Crippen MR) is 116 cm³/mol. The van der Waals surface area contributed by atoms with Gasteiger partial charge in [-0.05, 0) is 50.2 Å². The van der Waals surface area contributed by atoms with Gasteiger partial charge in [0, 0.05) is 11.3 Å². The number of aryl methyl sites for hydroxylation is 2. The van der Waals surface area contributed by atoms with E-state index in [9.17, 15) is 0 Å². The second-order valence-corrected chi connectivity index (χ2v) is 6.83. The maximum atomic E-state index is 4.37. The van der Waals surface area contributed by atoms with Crippen LogP contribution in [0.2, 0.25) is 0 Å². The minimum Gasteiger partial charge on any atom is -0.354 e. The van der Waals surface area contributed by atoms with Crippen molar-refractivity contribution in [2.75, 3.05) is 10.6 Å². The molecule has 138 valence electrons. The topological polar surface area (TPSA) is 49.8 Å². The summed E-state index contributed by atoms with van der Waals surface area (Å²) in [5.74, 6) is 0.703. The van der Waals surface area contributed by atoms with Gasteiger partial charge in [-0.1, -0.05) is 59.7 Å². The minimum absolute atomic E-state index is 0.703. The number of para-hydroxylation sites is 2. The number of benzene rings is 3. The molecule has 0 radical (unpaired) electrons. The van der Waals surface area contributed by atoms with Crippen molar-refractivity contribution < 1.29 is 0 Å². The number of anilines is 4. The third-order valence-electron chi connectivity index (χ3n) is 4.53. The fraction of sp³-hybridized carbons (Fsp3) is 0.0833. The second kappa shape index (κ2) is 7.92. The zero-order valence-corrected chi connectivity index (χ0v) is 16.0. The molecule has 0 fully saturated rings. The molecule has 28 heavy (non-hydrogen) atoms. The lowest BCUT2D eigenvalue weighted by molar-refractivity contribution is 1.04. The van der Waals surface area contributed by atoms with Crippen molar-refractivity contribution in [2.24, 2.45) is 0 Å². The van der Waals surface area contributed by atoms with E-state index in [1.54, 1.807) is 0 Å². The summed E-state index contributed by atoms with van der Waals surface area (Å²) in [6, 6.07) is 28.6. The van der Waals surface area contributed by atoms with E-state index < -0.39 is 0 Å². The number of rotatable bonds is 5. The van der Waals surface area contributed by atoms with E-state index in [1.807, 2.05) is 36.4 Å². The zero-order valence-electron chi connectivity index (χ0n) is 16.0. The Kier molecular flexibility index (Phi) is 5.02. The van der Waals surface area contributed by atoms with Crippen LogP contribution in [-0.4, -0.2) is 10.2 Å². The van der Waals surface area contributed by atoms with E-state index in [1.165, 1.54) is 11.1 Å². The summed E-state index contributed by atoms with van der Waals surface area (Å²) < 4.78 is 0. The van der Waals surface area contributed by atoms with Gasteiger partial charge in [0.2, 0.25) is 0 Å². The van der Waals surface area contributed by atoms with Crippen LogP contribution < -0.4 is 10.6 Å². The van der Waals surface area contributed by atoms with Gasteiger partial charge in [-0.25, -0.2) is 0 Å². The summed E-state index contributed by atoms with van der Waals surface area (Å²) >= 11 is 0. The quantitative estimate of drug-likeness (QED) is 0.438. The number of nitrogens with one attached hydrogen (secondary N) is 2. The molecule has 0 bridgehead atoms. The normalized spacial score (nSPS) is 10.5. The zero-order chi connectivity index (χ0) is 19.3. The molecule has 1 heterocycles. The smallest absolute Gasteiger partial charge is 0.153 e. The monoisotopic (exact) mass is 366 g/mol. The van der Waals surface area contributed by atoms with Gasteiger partial charge in [-0.15, -0.1) is 10.2 Å². The van der Waals surface area contributed by atoms with Gasteiger partial charge in [0.1, 0.15) is 0 Å². The van der Waals surface area contributed by atoms with Crippen molar-refractivity contribution in [3.8, 4) is 11.3 Å². The molecule has 0 aliphatic rings.